The number of hydrazine groups is 1. The normalized spacial score (nSPS) is 20.2. The van der Waals surface area contributed by atoms with Gasteiger partial charge in [-0.05, 0) is 12.5 Å². The van der Waals surface area contributed by atoms with Crippen LogP contribution in [-0.4, -0.2) is 29.3 Å². The summed E-state index contributed by atoms with van der Waals surface area (Å²) in [6.07, 6.45) is 0.384. The molecule has 88 valence electrons. The molecule has 0 aliphatic carbocycles. The Hall–Kier alpha value is -0.750. The maximum atomic E-state index is 9.45. The number of aromatic nitrogens is 1. The second-order valence-electron chi connectivity index (χ2n) is 3.66. The van der Waals surface area contributed by atoms with Gasteiger partial charge in [0.15, 0.2) is 5.82 Å². The third-order valence-corrected chi connectivity index (χ3v) is 3.08. The first-order valence-corrected chi connectivity index (χ1v) is 5.63. The second-order valence-corrected chi connectivity index (χ2v) is 4.47. The van der Waals surface area contributed by atoms with Gasteiger partial charge >= 0.3 is 0 Å². The summed E-state index contributed by atoms with van der Waals surface area (Å²) < 4.78 is 0. The average molecular weight is 263 g/mol. The number of rotatable bonds is 2. The largest absolute Gasteiger partial charge is 0.391 e. The number of aliphatic hydroxyl groups is 1. The highest BCUT2D eigenvalue weighted by Crippen LogP contribution is 2.32. The lowest BCUT2D eigenvalue weighted by Crippen LogP contribution is -2.23. The molecule has 2 rings (SSSR count). The number of hydrogen-bond acceptors (Lipinski definition) is 5. The fourth-order valence-electron chi connectivity index (χ4n) is 1.71. The minimum Gasteiger partial charge on any atom is -0.391 e. The molecule has 4 N–H and O–H groups in total. The number of hydrogen-bond donors (Lipinski definition) is 3. The summed E-state index contributed by atoms with van der Waals surface area (Å²) in [5, 5.41) is 10.3. The Morgan fingerprint density at radius 2 is 2.25 bits per heavy atom. The van der Waals surface area contributed by atoms with Crippen LogP contribution in [0.15, 0.2) is 6.07 Å². The van der Waals surface area contributed by atoms with Crippen LogP contribution in [0.1, 0.15) is 6.42 Å². The van der Waals surface area contributed by atoms with E-state index in [4.69, 9.17) is 29.0 Å². The highest BCUT2D eigenvalue weighted by molar-refractivity contribution is 6.37. The van der Waals surface area contributed by atoms with Crippen LogP contribution in [0.2, 0.25) is 10.0 Å². The Labute approximate surface area is 103 Å². The van der Waals surface area contributed by atoms with E-state index >= 15 is 0 Å². The number of pyridine rings is 1. The Kier molecular flexibility index (Phi) is 3.39. The van der Waals surface area contributed by atoms with Crippen LogP contribution in [0.4, 0.5) is 11.6 Å². The van der Waals surface area contributed by atoms with Crippen molar-refractivity contribution in [2.24, 2.45) is 5.84 Å². The predicted octanol–water partition coefficient (Wildman–Crippen LogP) is 1.24. The van der Waals surface area contributed by atoms with E-state index in [0.29, 0.717) is 34.6 Å². The topological polar surface area (TPSA) is 74.4 Å². The molecule has 16 heavy (non-hydrogen) atoms. The smallest absolute Gasteiger partial charge is 0.161 e. The number of nitrogens with two attached hydrogens (primary N) is 1. The van der Waals surface area contributed by atoms with E-state index in [-0.39, 0.29) is 6.10 Å². The van der Waals surface area contributed by atoms with Gasteiger partial charge in [-0.15, -0.1) is 0 Å². The van der Waals surface area contributed by atoms with Crippen molar-refractivity contribution in [3.05, 3.63) is 16.1 Å². The number of β-amino-alcohol motifs (C(OH)–C–C–N with tert-alkyl or cyclic N) is 1. The van der Waals surface area contributed by atoms with Crippen molar-refractivity contribution >= 4 is 34.8 Å². The van der Waals surface area contributed by atoms with Gasteiger partial charge in [0, 0.05) is 13.1 Å². The molecule has 0 aromatic carbocycles. The van der Waals surface area contributed by atoms with Crippen LogP contribution in [0.25, 0.3) is 0 Å². The summed E-state index contributed by atoms with van der Waals surface area (Å²) in [7, 11) is 0. The number of nitrogens with zero attached hydrogens (tertiary/aromatic N) is 2. The maximum Gasteiger partial charge on any atom is 0.161 e. The fourth-order valence-corrected chi connectivity index (χ4v) is 2.25. The zero-order valence-corrected chi connectivity index (χ0v) is 9.96. The van der Waals surface area contributed by atoms with E-state index in [1.165, 1.54) is 0 Å². The zero-order valence-electron chi connectivity index (χ0n) is 8.45. The molecule has 1 aromatic rings. The van der Waals surface area contributed by atoms with E-state index in [1.54, 1.807) is 6.07 Å². The van der Waals surface area contributed by atoms with Crippen LogP contribution in [0.3, 0.4) is 0 Å². The van der Waals surface area contributed by atoms with E-state index in [2.05, 4.69) is 10.4 Å². The van der Waals surface area contributed by atoms with Crippen molar-refractivity contribution < 1.29 is 5.11 Å². The van der Waals surface area contributed by atoms with E-state index in [9.17, 15) is 5.11 Å². The predicted molar refractivity (Wildman–Crippen MR) is 64.9 cm³/mol. The Morgan fingerprint density at radius 3 is 2.81 bits per heavy atom. The third kappa shape index (κ3) is 2.17. The number of anilines is 2. The molecule has 0 radical (unpaired) electrons. The lowest BCUT2D eigenvalue weighted by molar-refractivity contribution is 0.198. The summed E-state index contributed by atoms with van der Waals surface area (Å²) >= 11 is 11.9. The van der Waals surface area contributed by atoms with Gasteiger partial charge in [0.2, 0.25) is 0 Å². The number of halogens is 2. The van der Waals surface area contributed by atoms with E-state index < -0.39 is 0 Å². The molecule has 0 amide bonds. The van der Waals surface area contributed by atoms with Crippen molar-refractivity contribution in [2.75, 3.05) is 23.4 Å². The van der Waals surface area contributed by atoms with Crippen LogP contribution in [-0.2, 0) is 0 Å². The van der Waals surface area contributed by atoms with E-state index in [0.717, 1.165) is 6.54 Å². The van der Waals surface area contributed by atoms with E-state index in [1.807, 2.05) is 4.90 Å². The standard InChI is InChI=1S/C9H12Cl2N4O/c10-6-3-7(11)9(13-8(6)14-12)15-2-1-5(16)4-15/h3,5,16H,1-2,4,12H2,(H,13,14). The summed E-state index contributed by atoms with van der Waals surface area (Å²) in [5.41, 5.74) is 2.41. The molecule has 0 spiro atoms. The van der Waals surface area contributed by atoms with Gasteiger partial charge in [-0.25, -0.2) is 10.8 Å². The molecule has 7 heteroatoms. The maximum absolute atomic E-state index is 9.45. The van der Waals surface area contributed by atoms with Crippen molar-refractivity contribution in [2.45, 2.75) is 12.5 Å². The molecule has 0 saturated carbocycles. The van der Waals surface area contributed by atoms with Gasteiger partial charge in [0.25, 0.3) is 0 Å². The molecule has 0 bridgehead atoms. The zero-order chi connectivity index (χ0) is 11.7. The molecule has 2 heterocycles. The SMILES string of the molecule is NNc1nc(N2CCC(O)C2)c(Cl)cc1Cl. The summed E-state index contributed by atoms with van der Waals surface area (Å²) in [6.45, 7) is 1.25. The first-order chi connectivity index (χ1) is 7.61. The van der Waals surface area contributed by atoms with Crippen molar-refractivity contribution in [1.82, 2.24) is 4.98 Å². The molecular formula is C9H12Cl2N4O. The summed E-state index contributed by atoms with van der Waals surface area (Å²) in [6, 6.07) is 1.59. The van der Waals surface area contributed by atoms with Gasteiger partial charge in [-0.2, -0.15) is 0 Å². The highest BCUT2D eigenvalue weighted by atomic mass is 35.5. The Bertz CT molecular complexity index is 401. The van der Waals surface area contributed by atoms with Crippen molar-refractivity contribution in [3.8, 4) is 0 Å². The highest BCUT2D eigenvalue weighted by Gasteiger charge is 2.24. The molecule has 5 nitrogen and oxygen atoms in total. The number of nitrogen functional groups attached to an aromatic ring is 1. The molecule has 1 aromatic heterocycles. The Morgan fingerprint density at radius 1 is 1.50 bits per heavy atom. The van der Waals surface area contributed by atoms with Crippen LogP contribution >= 0.6 is 23.2 Å². The summed E-state index contributed by atoms with van der Waals surface area (Å²) in [4.78, 5) is 6.13. The lowest BCUT2D eigenvalue weighted by Gasteiger charge is -2.19. The molecule has 1 fully saturated rings. The quantitative estimate of drug-likeness (QED) is 0.553. The first-order valence-electron chi connectivity index (χ1n) is 4.87. The molecule has 1 aliphatic heterocycles. The molecule has 1 atom stereocenters. The van der Waals surface area contributed by atoms with Gasteiger partial charge in [-0.1, -0.05) is 23.2 Å². The summed E-state index contributed by atoms with van der Waals surface area (Å²) in [5.74, 6) is 6.26. The fraction of sp³-hybridized carbons (Fsp3) is 0.444. The van der Waals surface area contributed by atoms with Gasteiger partial charge in [0.1, 0.15) is 5.82 Å². The van der Waals surface area contributed by atoms with Crippen LogP contribution in [0.5, 0.6) is 0 Å². The van der Waals surface area contributed by atoms with Crippen molar-refractivity contribution in [1.29, 1.82) is 0 Å². The Balaban J connectivity index is 2.33. The van der Waals surface area contributed by atoms with Gasteiger partial charge in [-0.3, -0.25) is 0 Å². The van der Waals surface area contributed by atoms with Gasteiger partial charge in [0.05, 0.1) is 16.1 Å². The minimum absolute atomic E-state index is 0.331. The lowest BCUT2D eigenvalue weighted by atomic mass is 10.3. The molecular weight excluding hydrogens is 251 g/mol. The minimum atomic E-state index is -0.331. The van der Waals surface area contributed by atoms with Crippen molar-refractivity contribution in [3.63, 3.8) is 0 Å². The number of nitrogens with one attached hydrogen (secondary N) is 1. The van der Waals surface area contributed by atoms with Crippen LogP contribution < -0.4 is 16.2 Å². The van der Waals surface area contributed by atoms with Crippen LogP contribution in [0, 0.1) is 0 Å². The second kappa shape index (κ2) is 4.63. The molecule has 1 aliphatic rings. The monoisotopic (exact) mass is 262 g/mol. The third-order valence-electron chi connectivity index (χ3n) is 2.51. The molecule has 1 unspecified atom stereocenters. The first kappa shape index (κ1) is 11.7. The average Bonchev–Trinajstić information content (AvgIpc) is 2.65. The van der Waals surface area contributed by atoms with Gasteiger partial charge < -0.3 is 15.4 Å². The molecule has 1 saturated heterocycles. The number of aliphatic hydroxyl groups excluding tert-OH is 1.